The molecule has 0 aliphatic carbocycles. The summed E-state index contributed by atoms with van der Waals surface area (Å²) < 4.78 is 5.27. The first-order chi connectivity index (χ1) is 6.79. The van der Waals surface area contributed by atoms with Gasteiger partial charge >= 0.3 is 0 Å². The van der Waals surface area contributed by atoms with Crippen LogP contribution < -0.4 is 5.32 Å². The Kier molecular flexibility index (Phi) is 5.83. The maximum Gasteiger partial charge on any atom is 0.251 e. The van der Waals surface area contributed by atoms with Crippen LogP contribution in [0.25, 0.3) is 0 Å². The zero-order valence-corrected chi connectivity index (χ0v) is 10.3. The molecule has 0 saturated heterocycles. The molecule has 0 bridgehead atoms. The van der Waals surface area contributed by atoms with E-state index in [9.17, 15) is 9.90 Å². The van der Waals surface area contributed by atoms with Crippen LogP contribution in [-0.4, -0.2) is 35.9 Å². The summed E-state index contributed by atoms with van der Waals surface area (Å²) in [6.07, 6.45) is 0. The van der Waals surface area contributed by atoms with Gasteiger partial charge in [0.2, 0.25) is 0 Å². The fraction of sp³-hybridized carbons (Fsp3) is 0.909. The number of rotatable bonds is 6. The van der Waals surface area contributed by atoms with E-state index in [4.69, 9.17) is 4.74 Å². The molecule has 0 fully saturated rings. The molecule has 0 saturated carbocycles. The summed E-state index contributed by atoms with van der Waals surface area (Å²) in [5.41, 5.74) is -1.33. The van der Waals surface area contributed by atoms with E-state index in [-0.39, 0.29) is 17.9 Å². The molecular formula is C11H23NO3. The van der Waals surface area contributed by atoms with Crippen molar-refractivity contribution in [2.45, 2.75) is 46.3 Å². The number of hydrogen-bond acceptors (Lipinski definition) is 3. The first-order valence-electron chi connectivity index (χ1n) is 5.40. The van der Waals surface area contributed by atoms with E-state index in [0.717, 1.165) is 0 Å². The fourth-order valence-corrected chi connectivity index (χ4v) is 0.991. The second kappa shape index (κ2) is 6.08. The Morgan fingerprint density at radius 3 is 2.33 bits per heavy atom. The standard InChI is InChI=1S/C11H23NO3/c1-6-15-7-9(8(2)3)12-10(13)11(4,5)14/h8-9,14H,6-7H2,1-5H3,(H,12,13). The van der Waals surface area contributed by atoms with E-state index in [0.29, 0.717) is 13.2 Å². The number of ether oxygens (including phenoxy) is 1. The van der Waals surface area contributed by atoms with Crippen LogP contribution in [0.5, 0.6) is 0 Å². The number of nitrogens with one attached hydrogen (secondary N) is 1. The average Bonchev–Trinajstić information content (AvgIpc) is 2.09. The second-order valence-electron chi connectivity index (χ2n) is 4.54. The molecule has 1 unspecified atom stereocenters. The average molecular weight is 217 g/mol. The molecule has 0 aromatic rings. The highest BCUT2D eigenvalue weighted by Crippen LogP contribution is 2.06. The Labute approximate surface area is 92.0 Å². The van der Waals surface area contributed by atoms with Gasteiger partial charge in [-0.05, 0) is 26.7 Å². The van der Waals surface area contributed by atoms with Gasteiger partial charge in [0, 0.05) is 6.61 Å². The molecule has 90 valence electrons. The van der Waals surface area contributed by atoms with E-state index in [2.05, 4.69) is 5.32 Å². The van der Waals surface area contributed by atoms with Crippen molar-refractivity contribution in [3.05, 3.63) is 0 Å². The van der Waals surface area contributed by atoms with Gasteiger partial charge in [0.15, 0.2) is 0 Å². The maximum atomic E-state index is 11.5. The highest BCUT2D eigenvalue weighted by Gasteiger charge is 2.27. The predicted octanol–water partition coefficient (Wildman–Crippen LogP) is 0.935. The van der Waals surface area contributed by atoms with Gasteiger partial charge in [-0.15, -0.1) is 0 Å². The van der Waals surface area contributed by atoms with E-state index >= 15 is 0 Å². The lowest BCUT2D eigenvalue weighted by molar-refractivity contribution is -0.138. The predicted molar refractivity (Wildman–Crippen MR) is 59.6 cm³/mol. The van der Waals surface area contributed by atoms with Gasteiger partial charge in [0.25, 0.3) is 5.91 Å². The number of carbonyl (C=O) groups is 1. The van der Waals surface area contributed by atoms with E-state index in [1.54, 1.807) is 0 Å². The third kappa shape index (κ3) is 5.74. The Morgan fingerprint density at radius 2 is 2.00 bits per heavy atom. The minimum Gasteiger partial charge on any atom is -0.381 e. The summed E-state index contributed by atoms with van der Waals surface area (Å²) >= 11 is 0. The summed E-state index contributed by atoms with van der Waals surface area (Å²) in [5.74, 6) is -0.0799. The Balaban J connectivity index is 4.23. The number of carbonyl (C=O) groups excluding carboxylic acids is 1. The van der Waals surface area contributed by atoms with Crippen molar-refractivity contribution in [2.75, 3.05) is 13.2 Å². The molecule has 0 aliphatic rings. The Hall–Kier alpha value is -0.610. The van der Waals surface area contributed by atoms with Crippen molar-refractivity contribution in [2.24, 2.45) is 5.92 Å². The zero-order chi connectivity index (χ0) is 12.1. The third-order valence-electron chi connectivity index (χ3n) is 2.18. The summed E-state index contributed by atoms with van der Waals surface area (Å²) in [5, 5.41) is 12.3. The SMILES string of the molecule is CCOCC(NC(=O)C(C)(C)O)C(C)C. The van der Waals surface area contributed by atoms with Gasteiger partial charge in [0.1, 0.15) is 5.60 Å². The van der Waals surface area contributed by atoms with Crippen LogP contribution >= 0.6 is 0 Å². The minimum atomic E-state index is -1.33. The third-order valence-corrected chi connectivity index (χ3v) is 2.18. The van der Waals surface area contributed by atoms with Crippen LogP contribution in [0.3, 0.4) is 0 Å². The lowest BCUT2D eigenvalue weighted by atomic mass is 10.0. The molecule has 0 rings (SSSR count). The summed E-state index contributed by atoms with van der Waals surface area (Å²) in [4.78, 5) is 11.5. The molecule has 15 heavy (non-hydrogen) atoms. The second-order valence-corrected chi connectivity index (χ2v) is 4.54. The first kappa shape index (κ1) is 14.4. The van der Waals surface area contributed by atoms with Gasteiger partial charge in [0.05, 0.1) is 12.6 Å². The summed E-state index contributed by atoms with van der Waals surface area (Å²) in [6, 6.07) is -0.0520. The highest BCUT2D eigenvalue weighted by atomic mass is 16.5. The molecule has 4 nitrogen and oxygen atoms in total. The largest absolute Gasteiger partial charge is 0.381 e. The molecule has 0 radical (unpaired) electrons. The molecule has 1 amide bonds. The van der Waals surface area contributed by atoms with Crippen LogP contribution in [-0.2, 0) is 9.53 Å². The lowest BCUT2D eigenvalue weighted by Crippen LogP contribution is -2.50. The van der Waals surface area contributed by atoms with Crippen molar-refractivity contribution >= 4 is 5.91 Å². The summed E-state index contributed by atoms with van der Waals surface area (Å²) in [7, 11) is 0. The summed E-state index contributed by atoms with van der Waals surface area (Å²) in [6.45, 7) is 9.98. The molecule has 0 spiro atoms. The van der Waals surface area contributed by atoms with Gasteiger partial charge < -0.3 is 15.2 Å². The van der Waals surface area contributed by atoms with Crippen LogP contribution in [0.4, 0.5) is 0 Å². The first-order valence-corrected chi connectivity index (χ1v) is 5.40. The highest BCUT2D eigenvalue weighted by molar-refractivity contribution is 5.84. The molecule has 0 heterocycles. The molecule has 1 atom stereocenters. The van der Waals surface area contributed by atoms with Crippen molar-refractivity contribution in [1.29, 1.82) is 0 Å². The quantitative estimate of drug-likeness (QED) is 0.696. The van der Waals surface area contributed by atoms with E-state index < -0.39 is 5.60 Å². The topological polar surface area (TPSA) is 58.6 Å². The normalized spacial score (nSPS) is 14.1. The zero-order valence-electron chi connectivity index (χ0n) is 10.3. The molecular weight excluding hydrogens is 194 g/mol. The van der Waals surface area contributed by atoms with E-state index in [1.807, 2.05) is 20.8 Å². The Morgan fingerprint density at radius 1 is 1.47 bits per heavy atom. The molecule has 2 N–H and O–H groups in total. The van der Waals surface area contributed by atoms with Gasteiger partial charge in [-0.1, -0.05) is 13.8 Å². The number of aliphatic hydroxyl groups is 1. The monoisotopic (exact) mass is 217 g/mol. The molecule has 4 heteroatoms. The van der Waals surface area contributed by atoms with Crippen LogP contribution in [0.1, 0.15) is 34.6 Å². The maximum absolute atomic E-state index is 11.5. The van der Waals surface area contributed by atoms with Crippen molar-refractivity contribution in [3.8, 4) is 0 Å². The smallest absolute Gasteiger partial charge is 0.251 e. The van der Waals surface area contributed by atoms with Crippen LogP contribution in [0.2, 0.25) is 0 Å². The van der Waals surface area contributed by atoms with Crippen molar-refractivity contribution in [3.63, 3.8) is 0 Å². The Bertz CT molecular complexity index is 196. The number of amides is 1. The molecule has 0 aliphatic heterocycles. The van der Waals surface area contributed by atoms with E-state index in [1.165, 1.54) is 13.8 Å². The van der Waals surface area contributed by atoms with Crippen molar-refractivity contribution in [1.82, 2.24) is 5.32 Å². The van der Waals surface area contributed by atoms with Crippen molar-refractivity contribution < 1.29 is 14.6 Å². The lowest BCUT2D eigenvalue weighted by Gasteiger charge is -2.26. The van der Waals surface area contributed by atoms with Gasteiger partial charge in [-0.25, -0.2) is 0 Å². The van der Waals surface area contributed by atoms with Gasteiger partial charge in [-0.3, -0.25) is 4.79 Å². The molecule has 0 aromatic heterocycles. The minimum absolute atomic E-state index is 0.0520. The fourth-order valence-electron chi connectivity index (χ4n) is 0.991. The molecule has 0 aromatic carbocycles. The van der Waals surface area contributed by atoms with Crippen LogP contribution in [0, 0.1) is 5.92 Å². The number of hydrogen-bond donors (Lipinski definition) is 2. The van der Waals surface area contributed by atoms with Crippen LogP contribution in [0.15, 0.2) is 0 Å². The van der Waals surface area contributed by atoms with Gasteiger partial charge in [-0.2, -0.15) is 0 Å².